The first kappa shape index (κ1) is 11.1. The van der Waals surface area contributed by atoms with Crippen molar-refractivity contribution in [3.05, 3.63) is 78.4 Å². The predicted octanol–water partition coefficient (Wildman–Crippen LogP) is 3.74. The molecule has 0 radical (unpaired) electrons. The standard InChI is InChI=1S/C16H15NO/c1-3-8-14(9-4-1)16-12-7-13-17(18-16)15-10-5-2-6-11-15/h1-12,16H,13H2. The van der Waals surface area contributed by atoms with Gasteiger partial charge in [-0.1, -0.05) is 60.7 Å². The van der Waals surface area contributed by atoms with E-state index in [1.807, 2.05) is 41.5 Å². The average Bonchev–Trinajstić information content (AvgIpc) is 2.49. The molecule has 18 heavy (non-hydrogen) atoms. The Hall–Kier alpha value is -2.06. The van der Waals surface area contributed by atoms with Crippen molar-refractivity contribution in [3.63, 3.8) is 0 Å². The highest BCUT2D eigenvalue weighted by Crippen LogP contribution is 2.26. The van der Waals surface area contributed by atoms with Gasteiger partial charge in [-0.15, -0.1) is 0 Å². The first-order valence-corrected chi connectivity index (χ1v) is 6.14. The van der Waals surface area contributed by atoms with Gasteiger partial charge in [0, 0.05) is 0 Å². The number of para-hydroxylation sites is 1. The van der Waals surface area contributed by atoms with Crippen LogP contribution in [0.5, 0.6) is 0 Å². The molecule has 0 spiro atoms. The third-order valence-corrected chi connectivity index (χ3v) is 3.00. The lowest BCUT2D eigenvalue weighted by Crippen LogP contribution is -2.28. The van der Waals surface area contributed by atoms with Gasteiger partial charge in [0.1, 0.15) is 6.10 Å². The summed E-state index contributed by atoms with van der Waals surface area (Å²) in [6.07, 6.45) is 4.25. The Morgan fingerprint density at radius 3 is 2.28 bits per heavy atom. The molecule has 0 N–H and O–H groups in total. The average molecular weight is 237 g/mol. The van der Waals surface area contributed by atoms with Crippen molar-refractivity contribution in [2.45, 2.75) is 6.10 Å². The van der Waals surface area contributed by atoms with Crippen molar-refractivity contribution < 1.29 is 4.84 Å². The van der Waals surface area contributed by atoms with E-state index in [0.717, 1.165) is 12.2 Å². The fourth-order valence-corrected chi connectivity index (χ4v) is 2.07. The lowest BCUT2D eigenvalue weighted by molar-refractivity contribution is 0.0585. The van der Waals surface area contributed by atoms with Crippen molar-refractivity contribution in [2.75, 3.05) is 11.6 Å². The zero-order chi connectivity index (χ0) is 12.2. The molecular formula is C16H15NO. The van der Waals surface area contributed by atoms with Crippen molar-refractivity contribution in [2.24, 2.45) is 0 Å². The number of hydrogen-bond acceptors (Lipinski definition) is 2. The van der Waals surface area contributed by atoms with E-state index in [-0.39, 0.29) is 6.10 Å². The SMILES string of the molecule is C1=CC(c2ccccc2)ON(c2ccccc2)C1. The molecule has 1 unspecified atom stereocenters. The van der Waals surface area contributed by atoms with Crippen LogP contribution < -0.4 is 5.06 Å². The molecule has 0 aromatic heterocycles. The Morgan fingerprint density at radius 1 is 0.889 bits per heavy atom. The summed E-state index contributed by atoms with van der Waals surface area (Å²) in [4.78, 5) is 6.01. The first-order valence-electron chi connectivity index (χ1n) is 6.14. The molecule has 1 aliphatic rings. The fourth-order valence-electron chi connectivity index (χ4n) is 2.07. The van der Waals surface area contributed by atoms with Gasteiger partial charge in [0.15, 0.2) is 0 Å². The van der Waals surface area contributed by atoms with Gasteiger partial charge in [-0.2, -0.15) is 0 Å². The summed E-state index contributed by atoms with van der Waals surface area (Å²) in [7, 11) is 0. The zero-order valence-corrected chi connectivity index (χ0v) is 10.1. The summed E-state index contributed by atoms with van der Waals surface area (Å²) in [6.45, 7) is 0.785. The lowest BCUT2D eigenvalue weighted by Gasteiger charge is -2.30. The summed E-state index contributed by atoms with van der Waals surface area (Å²) < 4.78 is 0. The van der Waals surface area contributed by atoms with Crippen LogP contribution >= 0.6 is 0 Å². The number of anilines is 1. The van der Waals surface area contributed by atoms with Crippen molar-refractivity contribution >= 4 is 5.69 Å². The molecule has 0 amide bonds. The molecule has 0 aliphatic carbocycles. The highest BCUT2D eigenvalue weighted by Gasteiger charge is 2.17. The minimum absolute atomic E-state index is 0.000145. The van der Waals surface area contributed by atoms with Crippen LogP contribution in [0.2, 0.25) is 0 Å². The van der Waals surface area contributed by atoms with Gasteiger partial charge >= 0.3 is 0 Å². The van der Waals surface area contributed by atoms with Crippen LogP contribution in [-0.2, 0) is 4.84 Å². The minimum atomic E-state index is 0.000145. The summed E-state index contributed by atoms with van der Waals surface area (Å²) >= 11 is 0. The summed E-state index contributed by atoms with van der Waals surface area (Å²) in [6, 6.07) is 20.4. The van der Waals surface area contributed by atoms with Gasteiger partial charge in [0.25, 0.3) is 0 Å². The molecule has 2 nitrogen and oxygen atoms in total. The van der Waals surface area contributed by atoms with E-state index in [2.05, 4.69) is 36.4 Å². The Kier molecular flexibility index (Phi) is 3.11. The van der Waals surface area contributed by atoms with Gasteiger partial charge in [-0.05, 0) is 17.7 Å². The first-order chi connectivity index (χ1) is 8.93. The molecule has 0 bridgehead atoms. The Balaban J connectivity index is 1.81. The molecule has 90 valence electrons. The minimum Gasteiger partial charge on any atom is -0.261 e. The van der Waals surface area contributed by atoms with E-state index < -0.39 is 0 Å². The Labute approximate surface area is 107 Å². The van der Waals surface area contributed by atoms with E-state index >= 15 is 0 Å². The fraction of sp³-hybridized carbons (Fsp3) is 0.125. The number of nitrogens with zero attached hydrogens (tertiary/aromatic N) is 1. The van der Waals surface area contributed by atoms with Crippen LogP contribution in [-0.4, -0.2) is 6.54 Å². The van der Waals surface area contributed by atoms with Crippen molar-refractivity contribution in [3.8, 4) is 0 Å². The Morgan fingerprint density at radius 2 is 1.56 bits per heavy atom. The van der Waals surface area contributed by atoms with E-state index in [1.165, 1.54) is 5.56 Å². The highest BCUT2D eigenvalue weighted by molar-refractivity contribution is 5.45. The van der Waals surface area contributed by atoms with Crippen molar-refractivity contribution in [1.29, 1.82) is 0 Å². The van der Waals surface area contributed by atoms with Gasteiger partial charge in [0.2, 0.25) is 0 Å². The van der Waals surface area contributed by atoms with E-state index in [4.69, 9.17) is 4.84 Å². The van der Waals surface area contributed by atoms with Crippen LogP contribution in [0, 0.1) is 0 Å². The summed E-state index contributed by atoms with van der Waals surface area (Å²) in [5.41, 5.74) is 2.26. The summed E-state index contributed by atoms with van der Waals surface area (Å²) in [5, 5.41) is 1.93. The molecule has 0 fully saturated rings. The molecule has 2 aromatic carbocycles. The second-order valence-corrected chi connectivity index (χ2v) is 4.26. The second kappa shape index (κ2) is 5.07. The quantitative estimate of drug-likeness (QED) is 0.738. The number of rotatable bonds is 2. The van der Waals surface area contributed by atoms with Crippen LogP contribution in [0.4, 0.5) is 5.69 Å². The number of benzene rings is 2. The van der Waals surface area contributed by atoms with Crippen LogP contribution in [0.25, 0.3) is 0 Å². The van der Waals surface area contributed by atoms with Crippen LogP contribution in [0.3, 0.4) is 0 Å². The van der Waals surface area contributed by atoms with Gasteiger partial charge < -0.3 is 0 Å². The molecule has 1 heterocycles. The van der Waals surface area contributed by atoms with E-state index in [0.29, 0.717) is 0 Å². The maximum atomic E-state index is 6.01. The van der Waals surface area contributed by atoms with Crippen molar-refractivity contribution in [1.82, 2.24) is 0 Å². The topological polar surface area (TPSA) is 12.5 Å². The second-order valence-electron chi connectivity index (χ2n) is 4.26. The smallest absolute Gasteiger partial charge is 0.129 e. The largest absolute Gasteiger partial charge is 0.261 e. The maximum Gasteiger partial charge on any atom is 0.129 e. The maximum absolute atomic E-state index is 6.01. The number of hydrogen-bond donors (Lipinski definition) is 0. The van der Waals surface area contributed by atoms with Gasteiger partial charge in [-0.25, -0.2) is 5.06 Å². The third-order valence-electron chi connectivity index (χ3n) is 3.00. The Bertz CT molecular complexity index is 521. The lowest BCUT2D eigenvalue weighted by atomic mass is 10.1. The van der Waals surface area contributed by atoms with E-state index in [9.17, 15) is 0 Å². The molecule has 0 saturated carbocycles. The van der Waals surface area contributed by atoms with Gasteiger partial charge in [0.05, 0.1) is 12.2 Å². The zero-order valence-electron chi connectivity index (χ0n) is 10.1. The molecule has 2 heteroatoms. The number of hydroxylamine groups is 1. The molecular weight excluding hydrogens is 222 g/mol. The molecule has 2 aromatic rings. The highest BCUT2D eigenvalue weighted by atomic mass is 16.7. The molecule has 1 aliphatic heterocycles. The molecule has 1 atom stereocenters. The van der Waals surface area contributed by atoms with Crippen LogP contribution in [0.1, 0.15) is 11.7 Å². The summed E-state index contributed by atoms with van der Waals surface area (Å²) in [5.74, 6) is 0. The molecule has 0 saturated heterocycles. The van der Waals surface area contributed by atoms with Crippen LogP contribution in [0.15, 0.2) is 72.8 Å². The van der Waals surface area contributed by atoms with E-state index in [1.54, 1.807) is 0 Å². The normalized spacial score (nSPS) is 18.9. The molecule has 3 rings (SSSR count). The third kappa shape index (κ3) is 2.29. The van der Waals surface area contributed by atoms with Gasteiger partial charge in [-0.3, -0.25) is 4.84 Å². The monoisotopic (exact) mass is 237 g/mol. The predicted molar refractivity (Wildman–Crippen MR) is 73.2 cm³/mol.